The van der Waals surface area contributed by atoms with Crippen molar-refractivity contribution in [1.29, 1.82) is 0 Å². The predicted octanol–water partition coefficient (Wildman–Crippen LogP) is 2.99. The molecular weight excluding hydrogens is 442 g/mol. The maximum Gasteiger partial charge on any atom is 0.309 e. The van der Waals surface area contributed by atoms with Crippen molar-refractivity contribution in [1.82, 2.24) is 9.62 Å². The van der Waals surface area contributed by atoms with E-state index in [4.69, 9.17) is 4.74 Å². The molecule has 10 heteroatoms. The van der Waals surface area contributed by atoms with Crippen LogP contribution >= 0.6 is 0 Å². The summed E-state index contributed by atoms with van der Waals surface area (Å²) in [7, 11) is -3.99. The van der Waals surface area contributed by atoms with Crippen LogP contribution in [0.4, 0.5) is 8.78 Å². The van der Waals surface area contributed by atoms with Gasteiger partial charge in [-0.25, -0.2) is 17.2 Å². The number of nitrogens with one attached hydrogen (secondary N) is 1. The number of hydrogen-bond acceptors (Lipinski definition) is 5. The zero-order valence-corrected chi connectivity index (χ0v) is 19.0. The number of carbonyl (C=O) groups excluding carboxylic acids is 2. The second-order valence-corrected chi connectivity index (χ2v) is 10.5. The molecule has 1 saturated heterocycles. The summed E-state index contributed by atoms with van der Waals surface area (Å²) in [6.07, 6.45) is 5.30. The molecule has 1 amide bonds. The van der Waals surface area contributed by atoms with Gasteiger partial charge in [0.25, 0.3) is 5.91 Å². The summed E-state index contributed by atoms with van der Waals surface area (Å²) in [5.74, 6) is -3.28. The second-order valence-electron chi connectivity index (χ2n) is 8.58. The SMILES string of the molecule is CC(OC(=O)C1CCN(S(=O)(=O)c2ccc(F)c(F)c2)CC1)C(=O)NCC1CCCCC1. The third kappa shape index (κ3) is 6.04. The van der Waals surface area contributed by atoms with Crippen LogP contribution in [0.5, 0.6) is 0 Å². The number of piperidine rings is 1. The molecule has 0 bridgehead atoms. The smallest absolute Gasteiger partial charge is 0.309 e. The Labute approximate surface area is 187 Å². The molecule has 32 heavy (non-hydrogen) atoms. The van der Waals surface area contributed by atoms with Gasteiger partial charge in [-0.1, -0.05) is 19.3 Å². The Hall–Kier alpha value is -2.07. The number of sulfonamides is 1. The Balaban J connectivity index is 1.47. The molecule has 1 aliphatic heterocycles. The van der Waals surface area contributed by atoms with Crippen molar-refractivity contribution in [3.63, 3.8) is 0 Å². The lowest BCUT2D eigenvalue weighted by molar-refractivity contribution is -0.159. The van der Waals surface area contributed by atoms with Gasteiger partial charge in [-0.2, -0.15) is 4.31 Å². The highest BCUT2D eigenvalue weighted by Crippen LogP contribution is 2.26. The lowest BCUT2D eigenvalue weighted by Gasteiger charge is -2.30. The predicted molar refractivity (Wildman–Crippen MR) is 113 cm³/mol. The highest BCUT2D eigenvalue weighted by atomic mass is 32.2. The van der Waals surface area contributed by atoms with E-state index in [1.165, 1.54) is 26.2 Å². The van der Waals surface area contributed by atoms with Crippen LogP contribution < -0.4 is 5.32 Å². The van der Waals surface area contributed by atoms with Gasteiger partial charge < -0.3 is 10.1 Å². The average Bonchev–Trinajstić information content (AvgIpc) is 2.79. The van der Waals surface area contributed by atoms with Crippen molar-refractivity contribution < 1.29 is 31.5 Å². The molecule has 0 radical (unpaired) electrons. The van der Waals surface area contributed by atoms with Gasteiger partial charge in [-0.05, 0) is 56.7 Å². The number of ether oxygens (including phenoxy) is 1. The number of esters is 1. The highest BCUT2D eigenvalue weighted by Gasteiger charge is 2.34. The fraction of sp³-hybridized carbons (Fsp3) is 0.636. The van der Waals surface area contributed by atoms with Crippen LogP contribution in [0.25, 0.3) is 0 Å². The van der Waals surface area contributed by atoms with Crippen molar-refractivity contribution >= 4 is 21.9 Å². The van der Waals surface area contributed by atoms with E-state index < -0.39 is 39.6 Å². The Morgan fingerprint density at radius 3 is 2.38 bits per heavy atom. The fourth-order valence-corrected chi connectivity index (χ4v) is 5.70. The van der Waals surface area contributed by atoms with Crippen LogP contribution in [0, 0.1) is 23.5 Å². The standard InChI is InChI=1S/C22H30F2N2O5S/c1-15(21(27)25-14-16-5-3-2-4-6-16)31-22(28)17-9-11-26(12-10-17)32(29,30)18-7-8-19(23)20(24)13-18/h7-8,13,15-17H,2-6,9-12,14H2,1H3,(H,25,27). The van der Waals surface area contributed by atoms with Gasteiger partial charge in [0.2, 0.25) is 10.0 Å². The van der Waals surface area contributed by atoms with E-state index >= 15 is 0 Å². The number of hydrogen-bond donors (Lipinski definition) is 1. The maximum atomic E-state index is 13.4. The zero-order chi connectivity index (χ0) is 23.3. The topological polar surface area (TPSA) is 92.8 Å². The van der Waals surface area contributed by atoms with Crippen LogP contribution in [-0.2, 0) is 24.3 Å². The summed E-state index contributed by atoms with van der Waals surface area (Å²) in [6, 6.07) is 2.44. The first-order valence-electron chi connectivity index (χ1n) is 11.1. The summed E-state index contributed by atoms with van der Waals surface area (Å²) in [4.78, 5) is 24.4. The largest absolute Gasteiger partial charge is 0.452 e. The quantitative estimate of drug-likeness (QED) is 0.616. The summed E-state index contributed by atoms with van der Waals surface area (Å²) < 4.78 is 58.3. The minimum absolute atomic E-state index is 0.0450. The van der Waals surface area contributed by atoms with Crippen LogP contribution in [0.3, 0.4) is 0 Å². The first-order chi connectivity index (χ1) is 15.2. The number of rotatable bonds is 7. The number of benzene rings is 1. The third-order valence-corrected chi connectivity index (χ3v) is 8.16. The number of carbonyl (C=O) groups is 2. The van der Waals surface area contributed by atoms with E-state index in [0.29, 0.717) is 18.5 Å². The summed E-state index contributed by atoms with van der Waals surface area (Å²) in [5.41, 5.74) is 0. The molecule has 1 heterocycles. The van der Waals surface area contributed by atoms with E-state index in [-0.39, 0.29) is 36.7 Å². The lowest BCUT2D eigenvalue weighted by atomic mass is 9.89. The Bertz CT molecular complexity index is 926. The second kappa shape index (κ2) is 10.7. The van der Waals surface area contributed by atoms with E-state index in [2.05, 4.69) is 5.32 Å². The summed E-state index contributed by atoms with van der Waals surface area (Å²) >= 11 is 0. The molecule has 3 rings (SSSR count). The molecule has 1 saturated carbocycles. The molecule has 178 valence electrons. The van der Waals surface area contributed by atoms with Crippen molar-refractivity contribution in [2.75, 3.05) is 19.6 Å². The fourth-order valence-electron chi connectivity index (χ4n) is 4.22. The highest BCUT2D eigenvalue weighted by molar-refractivity contribution is 7.89. The van der Waals surface area contributed by atoms with E-state index in [9.17, 15) is 26.8 Å². The molecule has 7 nitrogen and oxygen atoms in total. The van der Waals surface area contributed by atoms with E-state index in [1.807, 2.05) is 0 Å². The van der Waals surface area contributed by atoms with Gasteiger partial charge >= 0.3 is 5.97 Å². The van der Waals surface area contributed by atoms with Crippen LogP contribution in [-0.4, -0.2) is 50.3 Å². The van der Waals surface area contributed by atoms with Crippen LogP contribution in [0.1, 0.15) is 51.9 Å². The van der Waals surface area contributed by atoms with Crippen molar-refractivity contribution in [3.05, 3.63) is 29.8 Å². The maximum absolute atomic E-state index is 13.4. The molecule has 1 aliphatic carbocycles. The minimum Gasteiger partial charge on any atom is -0.452 e. The van der Waals surface area contributed by atoms with Crippen molar-refractivity contribution in [2.45, 2.75) is 62.9 Å². The van der Waals surface area contributed by atoms with Gasteiger partial charge in [0.15, 0.2) is 17.7 Å². The molecule has 2 fully saturated rings. The summed E-state index contributed by atoms with van der Waals surface area (Å²) in [6.45, 7) is 2.20. The first-order valence-corrected chi connectivity index (χ1v) is 12.6. The molecule has 1 aromatic rings. The minimum atomic E-state index is -3.99. The van der Waals surface area contributed by atoms with Gasteiger partial charge in [0.1, 0.15) is 0 Å². The molecule has 2 aliphatic rings. The van der Waals surface area contributed by atoms with Gasteiger partial charge in [0, 0.05) is 19.6 Å². The van der Waals surface area contributed by atoms with Crippen molar-refractivity contribution in [3.8, 4) is 0 Å². The average molecular weight is 473 g/mol. The van der Waals surface area contributed by atoms with Gasteiger partial charge in [-0.15, -0.1) is 0 Å². The zero-order valence-electron chi connectivity index (χ0n) is 18.2. The molecule has 1 N–H and O–H groups in total. The summed E-state index contributed by atoms with van der Waals surface area (Å²) in [5, 5.41) is 2.85. The third-order valence-electron chi connectivity index (χ3n) is 6.27. The van der Waals surface area contributed by atoms with E-state index in [1.54, 1.807) is 0 Å². The number of amides is 1. The Morgan fingerprint density at radius 2 is 1.75 bits per heavy atom. The monoisotopic (exact) mass is 472 g/mol. The van der Waals surface area contributed by atoms with Crippen LogP contribution in [0.15, 0.2) is 23.1 Å². The molecule has 1 aromatic carbocycles. The lowest BCUT2D eigenvalue weighted by Crippen LogP contribution is -2.43. The number of halogens is 2. The number of nitrogens with zero attached hydrogens (tertiary/aromatic N) is 1. The Morgan fingerprint density at radius 1 is 1.09 bits per heavy atom. The molecular formula is C22H30F2N2O5S. The molecule has 1 atom stereocenters. The molecule has 0 aromatic heterocycles. The first kappa shape index (κ1) is 24.6. The van der Waals surface area contributed by atoms with E-state index in [0.717, 1.165) is 29.3 Å². The van der Waals surface area contributed by atoms with Gasteiger partial charge in [0.05, 0.1) is 10.8 Å². The molecule has 0 spiro atoms. The normalized spacial score (nSPS) is 20.0. The van der Waals surface area contributed by atoms with Crippen LogP contribution in [0.2, 0.25) is 0 Å². The Kier molecular flexibility index (Phi) is 8.21. The van der Waals surface area contributed by atoms with Crippen molar-refractivity contribution in [2.24, 2.45) is 11.8 Å². The van der Waals surface area contributed by atoms with Gasteiger partial charge in [-0.3, -0.25) is 9.59 Å². The molecule has 1 unspecified atom stereocenters.